The van der Waals surface area contributed by atoms with E-state index in [1.807, 2.05) is 0 Å². The highest BCUT2D eigenvalue weighted by Crippen LogP contribution is 2.33. The Balaban J connectivity index is 1.25. The van der Waals surface area contributed by atoms with Crippen LogP contribution in [0.1, 0.15) is 28.7 Å². The average Bonchev–Trinajstić information content (AvgIpc) is 3.62. The Morgan fingerprint density at radius 1 is 0.395 bits per heavy atom. The van der Waals surface area contributed by atoms with Gasteiger partial charge in [0.2, 0.25) is 0 Å². The second-order valence-electron chi connectivity index (χ2n) is 11.3. The van der Waals surface area contributed by atoms with Crippen molar-refractivity contribution >= 4 is 0 Å². The number of nitrogens with one attached hydrogen (secondary N) is 2. The van der Waals surface area contributed by atoms with E-state index in [0.717, 1.165) is 19.5 Å². The fourth-order valence-corrected chi connectivity index (χ4v) is 6.18. The minimum absolute atomic E-state index is 0.820. The number of aryl methyl sites for hydroxylation is 4. The van der Waals surface area contributed by atoms with Gasteiger partial charge in [-0.05, 0) is 80.6 Å². The van der Waals surface area contributed by atoms with Crippen molar-refractivity contribution in [3.8, 4) is 45.0 Å². The monoisotopic (exact) mass is 564 g/mol. The Morgan fingerprint density at radius 3 is 1.12 bits per heavy atom. The summed E-state index contributed by atoms with van der Waals surface area (Å²) in [5.74, 6) is 0. The largest absolute Gasteiger partial charge is 0.325 e. The van der Waals surface area contributed by atoms with Gasteiger partial charge in [-0.2, -0.15) is 0 Å². The normalized spacial score (nSPS) is 11.1. The summed E-state index contributed by atoms with van der Waals surface area (Å²) in [5, 5.41) is 0. The lowest BCUT2D eigenvalue weighted by molar-refractivity contribution is 0.754. The lowest BCUT2D eigenvalue weighted by Crippen LogP contribution is -2.23. The van der Waals surface area contributed by atoms with Crippen LogP contribution in [0.4, 0.5) is 0 Å². The van der Waals surface area contributed by atoms with Crippen molar-refractivity contribution in [2.45, 2.75) is 34.1 Å². The molecule has 0 unspecified atom stereocenters. The first-order chi connectivity index (χ1) is 21.0. The van der Waals surface area contributed by atoms with E-state index >= 15 is 0 Å². The Hall–Kier alpha value is -4.96. The number of rotatable bonds is 10. The predicted molar refractivity (Wildman–Crippen MR) is 183 cm³/mol. The third-order valence-corrected chi connectivity index (χ3v) is 8.27. The molecule has 4 heteroatoms. The number of nitrogens with zero attached hydrogens (tertiary/aromatic N) is 2. The van der Waals surface area contributed by atoms with Gasteiger partial charge in [0.15, 0.2) is 0 Å². The van der Waals surface area contributed by atoms with Gasteiger partial charge in [0.05, 0.1) is 22.8 Å². The molecule has 43 heavy (non-hydrogen) atoms. The van der Waals surface area contributed by atoms with Gasteiger partial charge < -0.3 is 10.9 Å². The van der Waals surface area contributed by atoms with Crippen molar-refractivity contribution in [1.29, 1.82) is 0 Å². The summed E-state index contributed by atoms with van der Waals surface area (Å²) in [4.78, 5) is 0. The molecule has 0 bridgehead atoms. The lowest BCUT2D eigenvalue weighted by Gasteiger charge is -2.20. The van der Waals surface area contributed by atoms with Crippen LogP contribution in [0.2, 0.25) is 0 Å². The van der Waals surface area contributed by atoms with Gasteiger partial charge in [-0.1, -0.05) is 97.1 Å². The minimum Gasteiger partial charge on any atom is -0.325 e. The van der Waals surface area contributed by atoms with Crippen molar-refractivity contribution in [3.63, 3.8) is 0 Å². The maximum Gasteiger partial charge on any atom is 0.0705 e. The molecular weight excluding hydrogens is 524 g/mol. The lowest BCUT2D eigenvalue weighted by atomic mass is 10.0. The summed E-state index contributed by atoms with van der Waals surface area (Å²) in [6.45, 7) is 10.4. The van der Waals surface area contributed by atoms with Crippen LogP contribution in [0.5, 0.6) is 0 Å². The summed E-state index contributed by atoms with van der Waals surface area (Å²) in [6, 6.07) is 43.2. The molecule has 4 aromatic carbocycles. The van der Waals surface area contributed by atoms with Crippen LogP contribution in [0.3, 0.4) is 0 Å². The fraction of sp³-hybridized carbons (Fsp3) is 0.179. The van der Waals surface area contributed by atoms with E-state index in [-0.39, 0.29) is 0 Å². The van der Waals surface area contributed by atoms with Gasteiger partial charge >= 0.3 is 0 Å². The maximum atomic E-state index is 3.77. The molecule has 0 saturated carbocycles. The number of aromatic nitrogens is 2. The van der Waals surface area contributed by atoms with Crippen molar-refractivity contribution in [2.75, 3.05) is 23.9 Å². The first kappa shape index (κ1) is 28.2. The predicted octanol–water partition coefficient (Wildman–Crippen LogP) is 9.37. The summed E-state index contributed by atoms with van der Waals surface area (Å²) in [5.41, 5.74) is 22.3. The van der Waals surface area contributed by atoms with E-state index < -0.39 is 0 Å². The zero-order chi connectivity index (χ0) is 29.8. The highest BCUT2D eigenvalue weighted by atomic mass is 15.4. The van der Waals surface area contributed by atoms with Crippen molar-refractivity contribution in [3.05, 3.63) is 144 Å². The zero-order valence-corrected chi connectivity index (χ0v) is 25.6. The smallest absolute Gasteiger partial charge is 0.0705 e. The Kier molecular flexibility index (Phi) is 8.19. The van der Waals surface area contributed by atoms with E-state index in [1.165, 1.54) is 67.3 Å². The standard InChI is InChI=1S/C39H40N4/c1-28-14-11-15-29(2)38(28)36-24-22-34(32-18-7-5-8-19-32)42(36)40-26-13-27-41-43-35(33-20-9-6-10-21-33)23-25-37(43)39-30(3)16-12-17-31(39)4/h5-12,14-25,40-41H,13,26-27H2,1-4H3. The minimum atomic E-state index is 0.820. The van der Waals surface area contributed by atoms with E-state index in [2.05, 4.69) is 169 Å². The molecule has 0 saturated heterocycles. The first-order valence-electron chi connectivity index (χ1n) is 15.2. The molecule has 6 aromatic rings. The summed E-state index contributed by atoms with van der Waals surface area (Å²) in [6.07, 6.45) is 0.942. The van der Waals surface area contributed by atoms with Gasteiger partial charge in [0.1, 0.15) is 0 Å². The van der Waals surface area contributed by atoms with Crippen LogP contribution in [-0.2, 0) is 0 Å². The van der Waals surface area contributed by atoms with Gasteiger partial charge in [0, 0.05) is 35.3 Å². The molecule has 0 fully saturated rings. The summed E-state index contributed by atoms with van der Waals surface area (Å²) in [7, 11) is 0. The third-order valence-electron chi connectivity index (χ3n) is 8.27. The highest BCUT2D eigenvalue weighted by Gasteiger charge is 2.17. The summed E-state index contributed by atoms with van der Waals surface area (Å²) < 4.78 is 4.55. The molecule has 216 valence electrons. The van der Waals surface area contributed by atoms with Crippen LogP contribution in [0, 0.1) is 27.7 Å². The van der Waals surface area contributed by atoms with Gasteiger partial charge in [-0.3, -0.25) is 9.35 Å². The van der Waals surface area contributed by atoms with Crippen LogP contribution in [0.15, 0.2) is 121 Å². The first-order valence-corrected chi connectivity index (χ1v) is 15.2. The van der Waals surface area contributed by atoms with Gasteiger partial charge in [0.25, 0.3) is 0 Å². The maximum absolute atomic E-state index is 3.77. The topological polar surface area (TPSA) is 33.9 Å². The molecule has 2 aromatic heterocycles. The van der Waals surface area contributed by atoms with Crippen LogP contribution in [0.25, 0.3) is 45.0 Å². The molecule has 0 spiro atoms. The zero-order valence-electron chi connectivity index (χ0n) is 25.6. The average molecular weight is 565 g/mol. The third kappa shape index (κ3) is 5.74. The molecule has 0 aliphatic rings. The second-order valence-corrected chi connectivity index (χ2v) is 11.3. The Morgan fingerprint density at radius 2 is 0.744 bits per heavy atom. The van der Waals surface area contributed by atoms with Crippen molar-refractivity contribution in [1.82, 2.24) is 9.35 Å². The summed E-state index contributed by atoms with van der Waals surface area (Å²) >= 11 is 0. The molecule has 6 rings (SSSR count). The number of hydrogen-bond donors (Lipinski definition) is 2. The van der Waals surface area contributed by atoms with Crippen molar-refractivity contribution in [2.24, 2.45) is 0 Å². The number of benzene rings is 4. The Labute approximate surface area is 255 Å². The van der Waals surface area contributed by atoms with Crippen LogP contribution < -0.4 is 10.9 Å². The molecule has 0 amide bonds. The van der Waals surface area contributed by atoms with Gasteiger partial charge in [-0.15, -0.1) is 0 Å². The molecule has 2 heterocycles. The molecule has 4 nitrogen and oxygen atoms in total. The molecule has 0 aliphatic heterocycles. The quantitative estimate of drug-likeness (QED) is 0.163. The van der Waals surface area contributed by atoms with Crippen molar-refractivity contribution < 1.29 is 0 Å². The van der Waals surface area contributed by atoms with E-state index in [9.17, 15) is 0 Å². The molecule has 0 aliphatic carbocycles. The van der Waals surface area contributed by atoms with Gasteiger partial charge in [-0.25, -0.2) is 0 Å². The molecule has 0 radical (unpaired) electrons. The molecule has 2 N–H and O–H groups in total. The number of hydrogen-bond acceptors (Lipinski definition) is 2. The molecule has 0 atom stereocenters. The van der Waals surface area contributed by atoms with E-state index in [1.54, 1.807) is 0 Å². The molecular formula is C39H40N4. The van der Waals surface area contributed by atoms with Crippen LogP contribution in [-0.4, -0.2) is 22.4 Å². The fourth-order valence-electron chi connectivity index (χ4n) is 6.18. The van der Waals surface area contributed by atoms with Crippen LogP contribution >= 0.6 is 0 Å². The van der Waals surface area contributed by atoms with E-state index in [0.29, 0.717) is 0 Å². The SMILES string of the molecule is Cc1cccc(C)c1-c1ccc(-c2ccccc2)n1NCCCNn1c(-c2ccccc2)ccc1-c1c(C)cccc1C. The second kappa shape index (κ2) is 12.5. The van der Waals surface area contributed by atoms with E-state index in [4.69, 9.17) is 0 Å². The Bertz CT molecular complexity index is 1650. The highest BCUT2D eigenvalue weighted by molar-refractivity contribution is 5.75.